The summed E-state index contributed by atoms with van der Waals surface area (Å²) in [6.45, 7) is -1.02. The Kier molecular flexibility index (Phi) is 20.6. The van der Waals surface area contributed by atoms with Gasteiger partial charge >= 0.3 is 17.9 Å². The molecule has 5 aromatic rings. The number of hydrogen-bond acceptors (Lipinski definition) is 13. The number of carbonyl (C=O) groups is 10. The van der Waals surface area contributed by atoms with Crippen LogP contribution in [0, 0.1) is 0 Å². The van der Waals surface area contributed by atoms with Gasteiger partial charge in [0.15, 0.2) is 0 Å². The molecule has 5 aromatic heterocycles. The molecule has 0 aliphatic heterocycles. The van der Waals surface area contributed by atoms with E-state index >= 15 is 0 Å². The highest BCUT2D eigenvalue weighted by Crippen LogP contribution is 2.23. The van der Waals surface area contributed by atoms with Gasteiger partial charge in [-0.2, -0.15) is 0 Å². The van der Waals surface area contributed by atoms with Gasteiger partial charge in [0.25, 0.3) is 29.5 Å². The summed E-state index contributed by atoms with van der Waals surface area (Å²) in [7, 11) is 12.1. The summed E-state index contributed by atoms with van der Waals surface area (Å²) in [6.07, 6.45) is 8.75. The second-order valence-corrected chi connectivity index (χ2v) is 18.4. The molecule has 0 unspecified atom stereocenters. The fourth-order valence-corrected chi connectivity index (χ4v) is 8.04. The summed E-state index contributed by atoms with van der Waals surface area (Å²) in [5, 5.41) is 46.6. The lowest BCUT2D eigenvalue weighted by Crippen LogP contribution is -2.45. The zero-order chi connectivity index (χ0) is 56.7. The molecule has 0 aromatic carbocycles. The summed E-state index contributed by atoms with van der Waals surface area (Å²) in [5.41, 5.74) is 2.53. The second-order valence-electron chi connectivity index (χ2n) is 18.4. The minimum Gasteiger partial charge on any atom is -0.480 e. The average Bonchev–Trinajstić information content (AvgIpc) is 4.16. The first-order valence-corrected chi connectivity index (χ1v) is 24.0. The van der Waals surface area contributed by atoms with Crippen LogP contribution in [-0.2, 0) is 59.2 Å². The lowest BCUT2D eigenvalue weighted by Gasteiger charge is -2.24. The highest BCUT2D eigenvalue weighted by Gasteiger charge is 2.24. The molecule has 7 amide bonds. The van der Waals surface area contributed by atoms with Gasteiger partial charge in [-0.05, 0) is 63.8 Å². The van der Waals surface area contributed by atoms with Gasteiger partial charge in [0.2, 0.25) is 11.8 Å². The van der Waals surface area contributed by atoms with Gasteiger partial charge < -0.3 is 80.3 Å². The number of carboxylic acids is 3. The molecule has 5 heterocycles. The van der Waals surface area contributed by atoms with E-state index in [1.165, 1.54) is 59.8 Å². The predicted molar refractivity (Wildman–Crippen MR) is 281 cm³/mol. The van der Waals surface area contributed by atoms with Crippen LogP contribution < -0.4 is 37.2 Å². The van der Waals surface area contributed by atoms with Gasteiger partial charge in [-0.15, -0.1) is 0 Å². The van der Waals surface area contributed by atoms with Crippen molar-refractivity contribution in [2.75, 3.05) is 99.6 Å². The molecule has 0 saturated heterocycles. The molecule has 0 spiro atoms. The van der Waals surface area contributed by atoms with Crippen LogP contribution in [0.4, 0.5) is 28.4 Å². The summed E-state index contributed by atoms with van der Waals surface area (Å²) < 4.78 is 7.66. The lowest BCUT2D eigenvalue weighted by molar-refractivity contribution is -0.143. The van der Waals surface area contributed by atoms with Gasteiger partial charge in [0.1, 0.15) is 28.5 Å². The molecule has 77 heavy (non-hydrogen) atoms. The van der Waals surface area contributed by atoms with Gasteiger partial charge in [-0.1, -0.05) is 0 Å². The molecule has 0 fully saturated rings. The number of aryl methyl sites for hydroxylation is 5. The molecule has 0 aliphatic carbocycles. The number of carbonyl (C=O) groups excluding carboxylic acids is 7. The largest absolute Gasteiger partial charge is 0.480 e. The van der Waals surface area contributed by atoms with Crippen molar-refractivity contribution in [3.8, 4) is 0 Å². The van der Waals surface area contributed by atoms with Crippen molar-refractivity contribution in [3.05, 3.63) is 89.8 Å². The van der Waals surface area contributed by atoms with Crippen LogP contribution in [0.25, 0.3) is 0 Å². The first-order valence-electron chi connectivity index (χ1n) is 24.0. The first kappa shape index (κ1) is 58.9. The van der Waals surface area contributed by atoms with E-state index in [1.54, 1.807) is 64.5 Å². The Bertz CT molecular complexity index is 3000. The lowest BCUT2D eigenvalue weighted by atomic mass is 10.3. The quantitative estimate of drug-likeness (QED) is 0.0296. The van der Waals surface area contributed by atoms with Crippen molar-refractivity contribution in [2.24, 2.45) is 35.2 Å². The molecule has 0 atom stereocenters. The SMILES string of the molecule is CN(C)CCCNC(=O)c1c(NC(=O)c2cc(NC(=O)c3cc(NC(=O)c4cc(NC(=O)c5cc(NC(=O)CCCNC(=O)CN(CCN(CC(=O)O)CC(=O)O)CC(=O)O)cn5C)cn4C)cn3C)cn2C)ccn1C. The van der Waals surface area contributed by atoms with Crippen molar-refractivity contribution in [3.63, 3.8) is 0 Å². The van der Waals surface area contributed by atoms with E-state index in [0.717, 1.165) is 17.9 Å². The topological polar surface area (TPSA) is 350 Å². The van der Waals surface area contributed by atoms with Gasteiger partial charge in [-0.3, -0.25) is 57.7 Å². The van der Waals surface area contributed by atoms with E-state index in [2.05, 4.69) is 37.2 Å². The molecule has 0 saturated carbocycles. The molecule has 0 aliphatic rings. The van der Waals surface area contributed by atoms with Gasteiger partial charge in [0.05, 0.1) is 54.6 Å². The Morgan fingerprint density at radius 3 is 1.26 bits per heavy atom. The average molecular weight is 1070 g/mol. The van der Waals surface area contributed by atoms with Gasteiger partial charge in [0, 0.05) is 98.8 Å². The number of aliphatic carboxylic acids is 3. The summed E-state index contributed by atoms with van der Waals surface area (Å²) >= 11 is 0. The van der Waals surface area contributed by atoms with Crippen molar-refractivity contribution in [1.29, 1.82) is 0 Å². The number of hydrogen-bond donors (Lipinski definition) is 10. The predicted octanol–water partition coefficient (Wildman–Crippen LogP) is 0.763. The van der Waals surface area contributed by atoms with Crippen LogP contribution in [0.1, 0.15) is 71.7 Å². The minimum atomic E-state index is -1.27. The fraction of sp³-hybridized carbons (Fsp3) is 0.388. The highest BCUT2D eigenvalue weighted by atomic mass is 16.4. The van der Waals surface area contributed by atoms with Crippen LogP contribution in [-0.4, -0.2) is 185 Å². The van der Waals surface area contributed by atoms with Crippen molar-refractivity contribution in [2.45, 2.75) is 19.3 Å². The summed E-state index contributed by atoms with van der Waals surface area (Å²) in [5.74, 6) is -7.24. The highest BCUT2D eigenvalue weighted by molar-refractivity contribution is 6.11. The Morgan fingerprint density at radius 2 is 0.844 bits per heavy atom. The number of nitrogens with one attached hydrogen (secondary N) is 7. The zero-order valence-corrected chi connectivity index (χ0v) is 43.8. The molecule has 0 radical (unpaired) electrons. The normalized spacial score (nSPS) is 11.1. The molecule has 28 nitrogen and oxygen atoms in total. The van der Waals surface area contributed by atoms with E-state index in [-0.39, 0.29) is 79.1 Å². The zero-order valence-electron chi connectivity index (χ0n) is 43.8. The van der Waals surface area contributed by atoms with Crippen molar-refractivity contribution in [1.82, 2.24) is 48.2 Å². The number of rotatable bonds is 29. The third-order valence-corrected chi connectivity index (χ3v) is 11.7. The Balaban J connectivity index is 1.08. The summed E-state index contributed by atoms with van der Waals surface area (Å²) in [4.78, 5) is 130. The minimum absolute atomic E-state index is 0.0311. The van der Waals surface area contributed by atoms with Crippen LogP contribution in [0.5, 0.6) is 0 Å². The number of amides is 7. The van der Waals surface area contributed by atoms with Gasteiger partial charge in [-0.25, -0.2) is 0 Å². The number of aromatic nitrogens is 5. The molecule has 414 valence electrons. The Hall–Kier alpha value is -9.02. The van der Waals surface area contributed by atoms with E-state index in [0.29, 0.717) is 29.3 Å². The number of nitrogens with zero attached hydrogens (tertiary/aromatic N) is 8. The van der Waals surface area contributed by atoms with Crippen LogP contribution in [0.15, 0.2) is 61.3 Å². The third kappa shape index (κ3) is 17.5. The van der Waals surface area contributed by atoms with Crippen molar-refractivity contribution < 1.29 is 63.3 Å². The van der Waals surface area contributed by atoms with Crippen LogP contribution in [0.3, 0.4) is 0 Å². The maximum atomic E-state index is 13.5. The van der Waals surface area contributed by atoms with E-state index in [9.17, 15) is 53.1 Å². The molecular weight excluding hydrogens is 1010 g/mol. The Morgan fingerprint density at radius 1 is 0.455 bits per heavy atom. The first-order chi connectivity index (χ1) is 36.4. The maximum Gasteiger partial charge on any atom is 0.317 e. The molecule has 10 N–H and O–H groups in total. The molecule has 28 heteroatoms. The number of carboxylic acid groups (broad SMARTS) is 3. The smallest absolute Gasteiger partial charge is 0.317 e. The number of anilines is 5. The summed E-state index contributed by atoms with van der Waals surface area (Å²) in [6, 6.07) is 7.51. The standard InChI is InChI=1S/C49H65N15O13/c1-57(2)14-9-13-51-49(77)44-34(11-15-58(44)3)56-48(76)38-21-33(25-62(38)7)55-47(75)37-20-32(24-61(37)6)54-46(74)36-19-31(23-60(36)5)53-45(73)35-18-30(22-59(35)4)52-39(65)10-8-12-50-40(66)26-63(27-41(67)68)16-17-64(28-42(69)70)29-43(71)72/h11,15,18-25H,8-10,12-14,16-17,26-29H2,1-7H3,(H,50,66)(H,51,77)(H,52,65)(H,53,73)(H,54,74)(H,55,75)(H,56,76)(H,67,68)(H,69,70)(H,71,72). The molecular formula is C49H65N15O13. The van der Waals surface area contributed by atoms with Crippen LogP contribution >= 0.6 is 0 Å². The van der Waals surface area contributed by atoms with E-state index in [4.69, 9.17) is 10.2 Å². The second kappa shape index (κ2) is 27.0. The third-order valence-electron chi connectivity index (χ3n) is 11.7. The maximum absolute atomic E-state index is 13.5. The monoisotopic (exact) mass is 1070 g/mol. The molecule has 0 bridgehead atoms. The van der Waals surface area contributed by atoms with Crippen molar-refractivity contribution >= 4 is 87.7 Å². The Labute approximate surface area is 441 Å². The van der Waals surface area contributed by atoms with E-state index < -0.39 is 73.0 Å². The fourth-order valence-electron chi connectivity index (χ4n) is 8.04. The van der Waals surface area contributed by atoms with E-state index in [1.807, 2.05) is 19.0 Å². The molecule has 5 rings (SSSR count). The van der Waals surface area contributed by atoms with Crippen LogP contribution in [0.2, 0.25) is 0 Å².